The van der Waals surface area contributed by atoms with Crippen LogP contribution in [-0.4, -0.2) is 26.5 Å². The number of carbonyl (C=O) groups excluding carboxylic acids is 2. The molecule has 0 fully saturated rings. The first-order valence-electron chi connectivity index (χ1n) is 10.2. The zero-order chi connectivity index (χ0) is 23.7. The van der Waals surface area contributed by atoms with E-state index in [1.165, 1.54) is 6.07 Å². The number of carbonyl (C=O) groups is 2. The van der Waals surface area contributed by atoms with E-state index in [2.05, 4.69) is 10.6 Å². The Morgan fingerprint density at radius 3 is 2.09 bits per heavy atom. The summed E-state index contributed by atoms with van der Waals surface area (Å²) in [4.78, 5) is 25.4. The lowest BCUT2D eigenvalue weighted by molar-refractivity contribution is -0.118. The fourth-order valence-corrected chi connectivity index (χ4v) is 3.81. The molecule has 8 nitrogen and oxygen atoms in total. The molecule has 0 aliphatic carbocycles. The molecule has 0 saturated carbocycles. The highest BCUT2D eigenvalue weighted by Crippen LogP contribution is 2.14. The number of hydrogen-bond acceptors (Lipinski definition) is 5. The van der Waals surface area contributed by atoms with Gasteiger partial charge in [0.15, 0.2) is 0 Å². The van der Waals surface area contributed by atoms with Gasteiger partial charge >= 0.3 is 6.09 Å². The molecule has 3 rings (SSSR count). The van der Waals surface area contributed by atoms with Crippen molar-refractivity contribution in [2.75, 3.05) is 5.32 Å². The Balaban J connectivity index is 1.69. The van der Waals surface area contributed by atoms with Gasteiger partial charge < -0.3 is 15.4 Å². The SMILES string of the molecule is NS(=O)(=O)Cc1cccc(NC(=O)[C@H](Cc2ccccc2)NC(=O)OCc2ccccc2)c1. The molecular formula is C24H25N3O5S. The summed E-state index contributed by atoms with van der Waals surface area (Å²) in [6.07, 6.45) is -0.484. The molecule has 4 N–H and O–H groups in total. The van der Waals surface area contributed by atoms with Crippen LogP contribution in [0.15, 0.2) is 84.9 Å². The van der Waals surface area contributed by atoms with Crippen LogP contribution < -0.4 is 15.8 Å². The molecule has 9 heteroatoms. The maximum atomic E-state index is 13.0. The number of nitrogens with two attached hydrogens (primary N) is 1. The summed E-state index contributed by atoms with van der Waals surface area (Å²) in [6.45, 7) is 0.0714. The van der Waals surface area contributed by atoms with Gasteiger partial charge in [0.05, 0.1) is 5.75 Å². The highest BCUT2D eigenvalue weighted by molar-refractivity contribution is 7.88. The second kappa shape index (κ2) is 11.3. The predicted octanol–water partition coefficient (Wildman–Crippen LogP) is 2.95. The molecule has 0 aromatic heterocycles. The van der Waals surface area contributed by atoms with Crippen LogP contribution in [-0.2, 0) is 38.3 Å². The molecule has 1 atom stereocenters. The van der Waals surface area contributed by atoms with E-state index in [1.54, 1.807) is 18.2 Å². The Morgan fingerprint density at radius 2 is 1.45 bits per heavy atom. The number of primary sulfonamides is 1. The van der Waals surface area contributed by atoms with Crippen molar-refractivity contribution in [3.63, 3.8) is 0 Å². The fraction of sp³-hybridized carbons (Fsp3) is 0.167. The van der Waals surface area contributed by atoms with Crippen molar-refractivity contribution in [1.82, 2.24) is 5.32 Å². The Kier molecular flexibility index (Phi) is 8.17. The molecule has 0 aliphatic heterocycles. The molecule has 33 heavy (non-hydrogen) atoms. The summed E-state index contributed by atoms with van der Waals surface area (Å²) in [5.74, 6) is -0.822. The van der Waals surface area contributed by atoms with Crippen LogP contribution in [0.25, 0.3) is 0 Å². The largest absolute Gasteiger partial charge is 0.445 e. The number of sulfonamides is 1. The lowest BCUT2D eigenvalue weighted by Gasteiger charge is -2.19. The van der Waals surface area contributed by atoms with Crippen molar-refractivity contribution in [1.29, 1.82) is 0 Å². The zero-order valence-electron chi connectivity index (χ0n) is 17.8. The first-order chi connectivity index (χ1) is 15.8. The molecule has 0 unspecified atom stereocenters. The first kappa shape index (κ1) is 24.0. The summed E-state index contributed by atoms with van der Waals surface area (Å²) < 4.78 is 28.0. The normalized spacial score (nSPS) is 11.9. The quantitative estimate of drug-likeness (QED) is 0.446. The van der Waals surface area contributed by atoms with Gasteiger partial charge in [-0.2, -0.15) is 0 Å². The zero-order valence-corrected chi connectivity index (χ0v) is 18.6. The molecule has 0 heterocycles. The van der Waals surface area contributed by atoms with Crippen LogP contribution in [0.1, 0.15) is 16.7 Å². The second-order valence-electron chi connectivity index (χ2n) is 7.45. The van der Waals surface area contributed by atoms with Gasteiger partial charge in [-0.25, -0.2) is 18.4 Å². The van der Waals surface area contributed by atoms with Gasteiger partial charge in [-0.1, -0.05) is 72.8 Å². The number of benzene rings is 3. The van der Waals surface area contributed by atoms with Gasteiger partial charge in [0, 0.05) is 12.1 Å². The van der Waals surface area contributed by atoms with E-state index in [1.807, 2.05) is 60.7 Å². The highest BCUT2D eigenvalue weighted by Gasteiger charge is 2.22. The minimum absolute atomic E-state index is 0.0714. The van der Waals surface area contributed by atoms with E-state index in [9.17, 15) is 18.0 Å². The number of rotatable bonds is 9. The van der Waals surface area contributed by atoms with Crippen molar-refractivity contribution in [2.24, 2.45) is 5.14 Å². The number of ether oxygens (including phenoxy) is 1. The van der Waals surface area contributed by atoms with Crippen LogP contribution in [0, 0.1) is 0 Å². The van der Waals surface area contributed by atoms with E-state index in [-0.39, 0.29) is 18.8 Å². The fourth-order valence-electron chi connectivity index (χ4n) is 3.17. The van der Waals surface area contributed by atoms with E-state index < -0.39 is 28.1 Å². The molecule has 0 spiro atoms. The predicted molar refractivity (Wildman–Crippen MR) is 126 cm³/mol. The maximum absolute atomic E-state index is 13.0. The Morgan fingerprint density at radius 1 is 0.848 bits per heavy atom. The van der Waals surface area contributed by atoms with E-state index in [0.717, 1.165) is 11.1 Å². The van der Waals surface area contributed by atoms with Gasteiger partial charge in [0.1, 0.15) is 12.6 Å². The molecule has 3 aromatic rings. The lowest BCUT2D eigenvalue weighted by atomic mass is 10.1. The first-order valence-corrected chi connectivity index (χ1v) is 11.9. The molecule has 3 aromatic carbocycles. The summed E-state index contributed by atoms with van der Waals surface area (Å²) in [5.41, 5.74) is 2.50. The van der Waals surface area contributed by atoms with E-state index in [4.69, 9.17) is 9.88 Å². The Labute approximate surface area is 192 Å². The Bertz CT molecular complexity index is 1180. The summed E-state index contributed by atoms with van der Waals surface area (Å²) in [6, 6.07) is 23.9. The number of anilines is 1. The number of nitrogens with one attached hydrogen (secondary N) is 2. The standard InChI is InChI=1S/C24H25N3O5S/c25-33(30,31)17-20-12-7-13-21(14-20)26-23(28)22(15-18-8-3-1-4-9-18)27-24(29)32-16-19-10-5-2-6-11-19/h1-14,22H,15-17H2,(H,26,28)(H,27,29)(H2,25,30,31)/t22-/m0/s1. The van der Waals surface area contributed by atoms with E-state index in [0.29, 0.717) is 11.3 Å². The summed E-state index contributed by atoms with van der Waals surface area (Å²) >= 11 is 0. The molecule has 0 bridgehead atoms. The van der Waals surface area contributed by atoms with Crippen molar-refractivity contribution in [3.05, 3.63) is 102 Å². The third-order valence-electron chi connectivity index (χ3n) is 4.67. The highest BCUT2D eigenvalue weighted by atomic mass is 32.2. The third-order valence-corrected chi connectivity index (χ3v) is 5.40. The van der Waals surface area contributed by atoms with Gasteiger partial charge in [0.25, 0.3) is 0 Å². The van der Waals surface area contributed by atoms with Crippen LogP contribution >= 0.6 is 0 Å². The Hall–Kier alpha value is -3.69. The summed E-state index contributed by atoms with van der Waals surface area (Å²) in [7, 11) is -3.71. The molecule has 0 radical (unpaired) electrons. The third kappa shape index (κ3) is 8.40. The molecule has 172 valence electrons. The van der Waals surface area contributed by atoms with Crippen LogP contribution in [0.3, 0.4) is 0 Å². The van der Waals surface area contributed by atoms with Gasteiger partial charge in [-0.05, 0) is 28.8 Å². The van der Waals surface area contributed by atoms with Crippen molar-refractivity contribution >= 4 is 27.7 Å². The number of hydrogen-bond donors (Lipinski definition) is 3. The molecular weight excluding hydrogens is 442 g/mol. The minimum atomic E-state index is -3.71. The number of amides is 2. The average molecular weight is 468 g/mol. The van der Waals surface area contributed by atoms with Gasteiger partial charge in [0.2, 0.25) is 15.9 Å². The maximum Gasteiger partial charge on any atom is 0.408 e. The number of alkyl carbamates (subject to hydrolysis) is 1. The minimum Gasteiger partial charge on any atom is -0.445 e. The molecule has 2 amide bonds. The van der Waals surface area contributed by atoms with Gasteiger partial charge in [-0.15, -0.1) is 0 Å². The van der Waals surface area contributed by atoms with Gasteiger partial charge in [-0.3, -0.25) is 4.79 Å². The van der Waals surface area contributed by atoms with Crippen LogP contribution in [0.4, 0.5) is 10.5 Å². The smallest absolute Gasteiger partial charge is 0.408 e. The second-order valence-corrected chi connectivity index (χ2v) is 9.06. The van der Waals surface area contributed by atoms with Crippen molar-refractivity contribution in [2.45, 2.75) is 24.8 Å². The topological polar surface area (TPSA) is 128 Å². The van der Waals surface area contributed by atoms with Crippen molar-refractivity contribution in [3.8, 4) is 0 Å². The van der Waals surface area contributed by atoms with Crippen LogP contribution in [0.5, 0.6) is 0 Å². The lowest BCUT2D eigenvalue weighted by Crippen LogP contribution is -2.45. The average Bonchev–Trinajstić information content (AvgIpc) is 2.78. The van der Waals surface area contributed by atoms with Crippen molar-refractivity contribution < 1.29 is 22.7 Å². The molecule has 0 saturated heterocycles. The van der Waals surface area contributed by atoms with E-state index >= 15 is 0 Å². The summed E-state index contributed by atoms with van der Waals surface area (Å²) in [5, 5.41) is 10.4. The monoisotopic (exact) mass is 467 g/mol. The molecule has 0 aliphatic rings. The van der Waals surface area contributed by atoms with Crippen LogP contribution in [0.2, 0.25) is 0 Å².